The summed E-state index contributed by atoms with van der Waals surface area (Å²) >= 11 is 0. The number of aromatic nitrogens is 7. The highest BCUT2D eigenvalue weighted by molar-refractivity contribution is 5.67. The van der Waals surface area contributed by atoms with Crippen LogP contribution in [0, 0.1) is 11.3 Å². The van der Waals surface area contributed by atoms with Gasteiger partial charge in [-0.2, -0.15) is 10.4 Å². The van der Waals surface area contributed by atoms with E-state index in [1.54, 1.807) is 36.6 Å². The van der Waals surface area contributed by atoms with Gasteiger partial charge in [0.05, 0.1) is 83.8 Å². The van der Waals surface area contributed by atoms with E-state index in [4.69, 9.17) is 38.3 Å². The number of methoxy groups -OCH3 is 1. The van der Waals surface area contributed by atoms with Gasteiger partial charge in [0.2, 0.25) is 5.95 Å². The second kappa shape index (κ2) is 20.6. The Morgan fingerprint density at radius 2 is 1.53 bits per heavy atom. The molecule has 3 aliphatic rings. The molecule has 2 aliphatic heterocycles. The molecule has 0 amide bonds. The van der Waals surface area contributed by atoms with Gasteiger partial charge in [0.25, 0.3) is 5.88 Å². The Hall–Kier alpha value is -4.70. The monoisotopic (exact) mass is 786 g/mol. The lowest BCUT2D eigenvalue weighted by molar-refractivity contribution is -0.0458. The molecule has 4 aromatic rings. The van der Waals surface area contributed by atoms with Gasteiger partial charge >= 0.3 is 0 Å². The summed E-state index contributed by atoms with van der Waals surface area (Å²) in [5.74, 6) is 1.35. The smallest absolute Gasteiger partial charge is 0.257 e. The van der Waals surface area contributed by atoms with Crippen molar-refractivity contribution in [3.63, 3.8) is 0 Å². The molecular formula is C40H54N10O7. The van der Waals surface area contributed by atoms with Crippen molar-refractivity contribution in [2.45, 2.75) is 82.3 Å². The molecule has 2 bridgehead atoms. The molecule has 3 fully saturated rings. The van der Waals surface area contributed by atoms with Crippen LogP contribution in [-0.4, -0.2) is 137 Å². The molecule has 1 aliphatic carbocycles. The molecule has 17 nitrogen and oxygen atoms in total. The maximum absolute atomic E-state index is 9.74. The summed E-state index contributed by atoms with van der Waals surface area (Å²) in [4.78, 5) is 16.0. The molecule has 3 atom stereocenters. The van der Waals surface area contributed by atoms with Gasteiger partial charge in [0.1, 0.15) is 42.9 Å². The molecule has 3 aromatic heterocycles. The number of ether oxygens (including phenoxy) is 7. The van der Waals surface area contributed by atoms with E-state index >= 15 is 0 Å². The maximum Gasteiger partial charge on any atom is 0.257 e. The van der Waals surface area contributed by atoms with Crippen LogP contribution < -0.4 is 14.8 Å². The van der Waals surface area contributed by atoms with Crippen LogP contribution in [0.5, 0.6) is 11.6 Å². The van der Waals surface area contributed by atoms with Gasteiger partial charge in [0, 0.05) is 43.2 Å². The van der Waals surface area contributed by atoms with Gasteiger partial charge < -0.3 is 38.5 Å². The van der Waals surface area contributed by atoms with E-state index in [1.807, 2.05) is 29.9 Å². The Balaban J connectivity index is 0.968. The molecule has 1 aromatic carbocycles. The van der Waals surface area contributed by atoms with Crippen LogP contribution in [0.4, 0.5) is 11.6 Å². The minimum absolute atomic E-state index is 0.244. The maximum atomic E-state index is 9.74. The number of hydrogen-bond acceptors (Lipinski definition) is 15. The number of rotatable bonds is 22. The zero-order valence-corrected chi connectivity index (χ0v) is 32.9. The first-order valence-corrected chi connectivity index (χ1v) is 20.0. The van der Waals surface area contributed by atoms with E-state index in [-0.39, 0.29) is 12.1 Å². The number of anilines is 2. The van der Waals surface area contributed by atoms with E-state index in [0.717, 1.165) is 50.0 Å². The highest BCUT2D eigenvalue weighted by Crippen LogP contribution is 2.39. The lowest BCUT2D eigenvalue weighted by Gasteiger charge is -2.43. The molecule has 7 rings (SSSR count). The van der Waals surface area contributed by atoms with E-state index in [9.17, 15) is 5.26 Å². The van der Waals surface area contributed by atoms with Gasteiger partial charge in [-0.3, -0.25) is 9.58 Å². The van der Waals surface area contributed by atoms with Crippen LogP contribution in [0.3, 0.4) is 0 Å². The summed E-state index contributed by atoms with van der Waals surface area (Å²) in [5, 5.41) is 22.2. The highest BCUT2D eigenvalue weighted by Gasteiger charge is 2.42. The summed E-state index contributed by atoms with van der Waals surface area (Å²) in [6.45, 7) is 7.90. The van der Waals surface area contributed by atoms with Crippen molar-refractivity contribution in [3.05, 3.63) is 55.0 Å². The number of morpholine rings is 1. The van der Waals surface area contributed by atoms with Gasteiger partial charge in [0.15, 0.2) is 0 Å². The highest BCUT2D eigenvalue weighted by atomic mass is 16.6. The molecule has 0 unspecified atom stereocenters. The summed E-state index contributed by atoms with van der Waals surface area (Å²) in [6.07, 6.45) is 15.2. The number of nitriles is 1. The minimum Gasteiger partial charge on any atom is -0.487 e. The van der Waals surface area contributed by atoms with Crippen molar-refractivity contribution in [3.8, 4) is 28.8 Å². The fraction of sp³-hybridized carbons (Fsp3) is 0.600. The Bertz CT molecular complexity index is 1830. The van der Waals surface area contributed by atoms with Crippen molar-refractivity contribution < 1.29 is 33.2 Å². The Labute approximate surface area is 333 Å². The summed E-state index contributed by atoms with van der Waals surface area (Å²) in [6, 6.07) is 9.66. The Morgan fingerprint density at radius 1 is 0.860 bits per heavy atom. The summed E-state index contributed by atoms with van der Waals surface area (Å²) in [5.41, 5.74) is 2.72. The van der Waals surface area contributed by atoms with Crippen LogP contribution in [0.25, 0.3) is 11.1 Å². The molecule has 57 heavy (non-hydrogen) atoms. The molecule has 306 valence electrons. The first kappa shape index (κ1) is 40.5. The van der Waals surface area contributed by atoms with Crippen LogP contribution in [-0.2, 0) is 30.2 Å². The number of benzene rings is 1. The zero-order valence-electron chi connectivity index (χ0n) is 32.9. The van der Waals surface area contributed by atoms with Crippen molar-refractivity contribution in [1.29, 1.82) is 5.26 Å². The second-order valence-corrected chi connectivity index (χ2v) is 14.6. The zero-order chi connectivity index (χ0) is 39.2. The number of fused-ring (bicyclic) bond motifs is 2. The third kappa shape index (κ3) is 11.0. The summed E-state index contributed by atoms with van der Waals surface area (Å²) < 4.78 is 43.7. The molecule has 0 radical (unpaired) electrons. The second-order valence-electron chi connectivity index (χ2n) is 14.6. The number of nitrogens with one attached hydrogen (secondary N) is 1. The van der Waals surface area contributed by atoms with Crippen LogP contribution in [0.1, 0.15) is 57.1 Å². The number of nitrogens with zero attached hydrogens (tertiary/aromatic N) is 9. The van der Waals surface area contributed by atoms with E-state index in [0.29, 0.717) is 106 Å². The predicted octanol–water partition coefficient (Wildman–Crippen LogP) is 4.44. The molecule has 17 heteroatoms. The first-order valence-electron chi connectivity index (χ1n) is 20.0. The minimum atomic E-state index is -0.244. The molecule has 1 N–H and O–H groups in total. The van der Waals surface area contributed by atoms with E-state index in [1.165, 1.54) is 19.2 Å². The molecule has 0 spiro atoms. The van der Waals surface area contributed by atoms with E-state index in [2.05, 4.69) is 36.3 Å². The fourth-order valence-electron chi connectivity index (χ4n) is 7.91. The van der Waals surface area contributed by atoms with Crippen LogP contribution in [0.15, 0.2) is 49.4 Å². The van der Waals surface area contributed by atoms with Crippen LogP contribution in [0.2, 0.25) is 0 Å². The number of hydrogen-bond donors (Lipinski definition) is 1. The lowest BCUT2D eigenvalue weighted by Crippen LogP contribution is -2.52. The average molecular weight is 787 g/mol. The SMILES string of the molecule is COCCOCCOCCOCCOc1nn(C2CCC(N3[C@@H]4CC[C@H]3COC4)CC2)cc1Nc1ncc(-c2ccc(C#N)c(O[C@@H](C)Cn3cncn3)c2)cn1. The molecular weight excluding hydrogens is 733 g/mol. The molecule has 1 saturated carbocycles. The average Bonchev–Trinajstić information content (AvgIpc) is 3.96. The molecule has 5 heterocycles. The van der Waals surface area contributed by atoms with Crippen molar-refractivity contribution in [2.75, 3.05) is 78.5 Å². The Morgan fingerprint density at radius 3 is 2.19 bits per heavy atom. The predicted molar refractivity (Wildman–Crippen MR) is 208 cm³/mol. The van der Waals surface area contributed by atoms with Crippen molar-refractivity contribution >= 4 is 11.6 Å². The lowest BCUT2D eigenvalue weighted by atomic mass is 9.89. The van der Waals surface area contributed by atoms with Gasteiger partial charge in [-0.25, -0.2) is 19.6 Å². The third-order valence-corrected chi connectivity index (χ3v) is 10.7. The fourth-order valence-corrected chi connectivity index (χ4v) is 7.91. The van der Waals surface area contributed by atoms with Crippen LogP contribution >= 0.6 is 0 Å². The first-order chi connectivity index (χ1) is 28.1. The standard InChI is InChI=1S/C40H54N10O7/c1-29(23-48-28-42-27-45-48)57-38-19-30(3-4-31(38)20-41)32-21-43-40(44-22-32)46-37-24-49(33-5-7-34(8-6-33)50-35-9-10-36(50)26-55-25-35)47-39(37)56-18-17-54-16-15-53-14-13-52-12-11-51-2/h3-4,19,21-22,24,27-29,33-36H,5-18,23,25-26H2,1-2H3,(H,43,44,46)/t29-,33?,34?,35-,36+/m0/s1. The van der Waals surface area contributed by atoms with Crippen molar-refractivity contribution in [2.24, 2.45) is 0 Å². The van der Waals surface area contributed by atoms with Gasteiger partial charge in [-0.05, 0) is 63.1 Å². The third-order valence-electron chi connectivity index (χ3n) is 10.7. The quantitative estimate of drug-likeness (QED) is 0.111. The van der Waals surface area contributed by atoms with Crippen molar-refractivity contribution in [1.82, 2.24) is 39.4 Å². The normalized spacial score (nSPS) is 21.3. The molecule has 2 saturated heterocycles. The largest absolute Gasteiger partial charge is 0.487 e. The topological polar surface area (TPSA) is 178 Å². The van der Waals surface area contributed by atoms with Gasteiger partial charge in [-0.15, -0.1) is 5.10 Å². The van der Waals surface area contributed by atoms with E-state index < -0.39 is 0 Å². The van der Waals surface area contributed by atoms with Gasteiger partial charge in [-0.1, -0.05) is 6.07 Å². The Kier molecular flexibility index (Phi) is 14.7. The summed E-state index contributed by atoms with van der Waals surface area (Å²) in [7, 11) is 1.65.